The van der Waals surface area contributed by atoms with Crippen molar-refractivity contribution in [3.8, 4) is 5.75 Å². The monoisotopic (exact) mass is 497 g/mol. The van der Waals surface area contributed by atoms with Gasteiger partial charge in [0.1, 0.15) is 10.6 Å². The summed E-state index contributed by atoms with van der Waals surface area (Å²) in [6.07, 6.45) is 5.02. The van der Waals surface area contributed by atoms with Crippen LogP contribution in [0.15, 0.2) is 41.3 Å². The minimum Gasteiger partial charge on any atom is -0.492 e. The van der Waals surface area contributed by atoms with Gasteiger partial charge in [0.05, 0.1) is 12.5 Å². The fourth-order valence-corrected chi connectivity index (χ4v) is 6.91. The van der Waals surface area contributed by atoms with Crippen LogP contribution in [-0.2, 0) is 32.5 Å². The Balaban J connectivity index is 1.33. The van der Waals surface area contributed by atoms with Crippen molar-refractivity contribution in [1.82, 2.24) is 4.31 Å². The van der Waals surface area contributed by atoms with E-state index in [9.17, 15) is 18.0 Å². The van der Waals surface area contributed by atoms with E-state index in [0.29, 0.717) is 31.9 Å². The third kappa shape index (κ3) is 4.67. The van der Waals surface area contributed by atoms with Crippen molar-refractivity contribution in [2.45, 2.75) is 50.3 Å². The molecule has 35 heavy (non-hydrogen) atoms. The standard InChI is InChI=1S/C26H31N3O5S/c1-2-34-23-11-9-21(16-24(23)35(32,33)28-12-3-4-13-28)27-26(31)20-15-25(30)29(17-20)22-10-8-18-6-5-7-19(18)14-22/h8-11,14,16,20H,2-7,12-13,15,17H2,1H3,(H,27,31). The van der Waals surface area contributed by atoms with Gasteiger partial charge in [-0.25, -0.2) is 8.42 Å². The Morgan fingerprint density at radius 3 is 2.60 bits per heavy atom. The van der Waals surface area contributed by atoms with Crippen molar-refractivity contribution >= 4 is 33.2 Å². The van der Waals surface area contributed by atoms with Crippen LogP contribution in [0.4, 0.5) is 11.4 Å². The number of sulfonamides is 1. The summed E-state index contributed by atoms with van der Waals surface area (Å²) in [6.45, 7) is 3.39. The van der Waals surface area contributed by atoms with Crippen LogP contribution in [0.2, 0.25) is 0 Å². The SMILES string of the molecule is CCOc1ccc(NC(=O)C2CC(=O)N(c3ccc4c(c3)CCC4)C2)cc1S(=O)(=O)N1CCCC1. The molecule has 2 fully saturated rings. The van der Waals surface area contributed by atoms with Crippen LogP contribution in [0.3, 0.4) is 0 Å². The summed E-state index contributed by atoms with van der Waals surface area (Å²) in [5.41, 5.74) is 3.83. The maximum absolute atomic E-state index is 13.2. The molecule has 3 aliphatic rings. The number of hydrogen-bond acceptors (Lipinski definition) is 5. The summed E-state index contributed by atoms with van der Waals surface area (Å²) in [5.74, 6) is -0.611. The van der Waals surface area contributed by atoms with Crippen LogP contribution in [0.5, 0.6) is 5.75 Å². The van der Waals surface area contributed by atoms with Crippen molar-refractivity contribution in [3.63, 3.8) is 0 Å². The van der Waals surface area contributed by atoms with Crippen LogP contribution in [0, 0.1) is 5.92 Å². The van der Waals surface area contributed by atoms with Gasteiger partial charge in [0.15, 0.2) is 0 Å². The van der Waals surface area contributed by atoms with Crippen molar-refractivity contribution in [2.24, 2.45) is 5.92 Å². The molecule has 1 N–H and O–H groups in total. The van der Waals surface area contributed by atoms with Gasteiger partial charge >= 0.3 is 0 Å². The Morgan fingerprint density at radius 1 is 1.06 bits per heavy atom. The number of nitrogens with one attached hydrogen (secondary N) is 1. The van der Waals surface area contributed by atoms with E-state index in [4.69, 9.17) is 4.74 Å². The van der Waals surface area contributed by atoms with Crippen molar-refractivity contribution in [3.05, 3.63) is 47.5 Å². The zero-order chi connectivity index (χ0) is 24.6. The first-order chi connectivity index (χ1) is 16.9. The smallest absolute Gasteiger partial charge is 0.246 e. The van der Waals surface area contributed by atoms with Gasteiger partial charge in [0.2, 0.25) is 21.8 Å². The predicted octanol–water partition coefficient (Wildman–Crippen LogP) is 3.35. The van der Waals surface area contributed by atoms with E-state index in [1.165, 1.54) is 21.5 Å². The summed E-state index contributed by atoms with van der Waals surface area (Å²) in [6, 6.07) is 10.8. The van der Waals surface area contributed by atoms with Gasteiger partial charge in [0, 0.05) is 37.4 Å². The molecule has 2 aromatic carbocycles. The van der Waals surface area contributed by atoms with Crippen LogP contribution in [0.1, 0.15) is 43.7 Å². The Morgan fingerprint density at radius 2 is 1.83 bits per heavy atom. The van der Waals surface area contributed by atoms with E-state index in [0.717, 1.165) is 37.8 Å². The number of rotatable bonds is 7. The molecular formula is C26H31N3O5S. The average Bonchev–Trinajstić information content (AvgIpc) is 3.60. The molecule has 2 aromatic rings. The van der Waals surface area contributed by atoms with E-state index in [1.54, 1.807) is 24.0 Å². The quantitative estimate of drug-likeness (QED) is 0.633. The van der Waals surface area contributed by atoms with Crippen LogP contribution in [-0.4, -0.2) is 50.8 Å². The summed E-state index contributed by atoms with van der Waals surface area (Å²) >= 11 is 0. The molecule has 0 saturated carbocycles. The first kappa shape index (κ1) is 23.8. The number of carbonyl (C=O) groups is 2. The first-order valence-corrected chi connectivity index (χ1v) is 13.8. The molecule has 2 saturated heterocycles. The minimum absolute atomic E-state index is 0.0568. The van der Waals surface area contributed by atoms with Crippen LogP contribution in [0.25, 0.3) is 0 Å². The summed E-state index contributed by atoms with van der Waals surface area (Å²) < 4.78 is 33.5. The predicted molar refractivity (Wildman–Crippen MR) is 133 cm³/mol. The van der Waals surface area contributed by atoms with Crippen LogP contribution >= 0.6 is 0 Å². The number of hydrogen-bond donors (Lipinski definition) is 1. The van der Waals surface area contributed by atoms with Crippen LogP contribution < -0.4 is 15.0 Å². The number of amides is 2. The van der Waals surface area contributed by atoms with E-state index in [2.05, 4.69) is 17.4 Å². The molecule has 2 aliphatic heterocycles. The zero-order valence-corrected chi connectivity index (χ0v) is 20.8. The highest BCUT2D eigenvalue weighted by Gasteiger charge is 2.36. The van der Waals surface area contributed by atoms with E-state index < -0.39 is 15.9 Å². The Kier molecular flexibility index (Phi) is 6.55. The minimum atomic E-state index is -3.73. The van der Waals surface area contributed by atoms with E-state index in [1.807, 2.05) is 6.07 Å². The van der Waals surface area contributed by atoms with Gasteiger partial charge in [0.25, 0.3) is 0 Å². The average molecular weight is 498 g/mol. The van der Waals surface area contributed by atoms with Gasteiger partial charge in [-0.1, -0.05) is 6.07 Å². The lowest BCUT2D eigenvalue weighted by Crippen LogP contribution is -2.29. The maximum Gasteiger partial charge on any atom is 0.246 e. The Hall–Kier alpha value is -2.91. The molecule has 186 valence electrons. The number of fused-ring (bicyclic) bond motifs is 1. The lowest BCUT2D eigenvalue weighted by Gasteiger charge is -2.20. The van der Waals surface area contributed by atoms with Crippen molar-refractivity contribution in [1.29, 1.82) is 0 Å². The molecule has 8 nitrogen and oxygen atoms in total. The van der Waals surface area contributed by atoms with Crippen molar-refractivity contribution in [2.75, 3.05) is 36.5 Å². The first-order valence-electron chi connectivity index (χ1n) is 12.4. The summed E-state index contributed by atoms with van der Waals surface area (Å²) in [5, 5.41) is 2.83. The number of anilines is 2. The molecule has 0 spiro atoms. The van der Waals surface area contributed by atoms with Gasteiger partial charge in [-0.2, -0.15) is 4.31 Å². The highest BCUT2D eigenvalue weighted by molar-refractivity contribution is 7.89. The molecule has 0 radical (unpaired) electrons. The topological polar surface area (TPSA) is 96.0 Å². The molecule has 5 rings (SSSR count). The third-order valence-corrected chi connectivity index (χ3v) is 9.00. The third-order valence-electron chi connectivity index (χ3n) is 7.08. The number of benzene rings is 2. The molecule has 1 unspecified atom stereocenters. The molecule has 0 aromatic heterocycles. The van der Waals surface area contributed by atoms with Crippen molar-refractivity contribution < 1.29 is 22.7 Å². The summed E-state index contributed by atoms with van der Waals surface area (Å²) in [4.78, 5) is 27.5. The highest BCUT2D eigenvalue weighted by Crippen LogP contribution is 2.33. The molecule has 2 heterocycles. The number of ether oxygens (including phenoxy) is 1. The van der Waals surface area contributed by atoms with Gasteiger partial charge in [-0.05, 0) is 80.5 Å². The fourth-order valence-electron chi connectivity index (χ4n) is 5.23. The normalized spacial score (nSPS) is 20.3. The maximum atomic E-state index is 13.2. The van der Waals surface area contributed by atoms with Gasteiger partial charge in [-0.15, -0.1) is 0 Å². The van der Waals surface area contributed by atoms with E-state index >= 15 is 0 Å². The second-order valence-electron chi connectivity index (χ2n) is 9.41. The largest absolute Gasteiger partial charge is 0.492 e. The van der Waals surface area contributed by atoms with Gasteiger partial charge < -0.3 is 15.0 Å². The molecule has 2 amide bonds. The Labute approximate surface area is 206 Å². The molecule has 1 atom stereocenters. The molecule has 9 heteroatoms. The number of carbonyl (C=O) groups excluding carboxylic acids is 2. The highest BCUT2D eigenvalue weighted by atomic mass is 32.2. The number of nitrogens with zero attached hydrogens (tertiary/aromatic N) is 2. The second-order valence-corrected chi connectivity index (χ2v) is 11.3. The summed E-state index contributed by atoms with van der Waals surface area (Å²) in [7, 11) is -3.73. The Bertz CT molecular complexity index is 1250. The van der Waals surface area contributed by atoms with E-state index in [-0.39, 0.29) is 28.9 Å². The second kappa shape index (κ2) is 9.62. The lowest BCUT2D eigenvalue weighted by molar-refractivity contribution is -0.122. The van der Waals surface area contributed by atoms with Gasteiger partial charge in [-0.3, -0.25) is 9.59 Å². The zero-order valence-electron chi connectivity index (χ0n) is 20.0. The molecule has 0 bridgehead atoms. The fraction of sp³-hybridized carbons (Fsp3) is 0.462. The molecular weight excluding hydrogens is 466 g/mol. The lowest BCUT2D eigenvalue weighted by atomic mass is 10.1. The number of aryl methyl sites for hydroxylation is 2. The molecule has 1 aliphatic carbocycles.